The van der Waals surface area contributed by atoms with Crippen molar-refractivity contribution in [3.63, 3.8) is 0 Å². The Kier molecular flexibility index (Phi) is 10.7. The molecule has 2 N–H and O–H groups in total. The first-order valence-electron chi connectivity index (χ1n) is 11.7. The first-order chi connectivity index (χ1) is 18.1. The number of likely N-dealkylation sites (tertiary alicyclic amines) is 1. The minimum Gasteiger partial charge on any atom is -0.352 e. The van der Waals surface area contributed by atoms with Crippen molar-refractivity contribution in [1.82, 2.24) is 15.2 Å². The Morgan fingerprint density at radius 1 is 1.11 bits per heavy atom. The summed E-state index contributed by atoms with van der Waals surface area (Å²) < 4.78 is 34.8. The topological polar surface area (TPSA) is 160 Å². The third-order valence-electron chi connectivity index (χ3n) is 5.61. The van der Waals surface area contributed by atoms with Gasteiger partial charge in [-0.2, -0.15) is 8.42 Å². The monoisotopic (exact) mass is 581 g/mol. The van der Waals surface area contributed by atoms with E-state index in [9.17, 15) is 27.6 Å². The SMILES string of the molecule is CC(SSc1ccccn1)c1ccccc1C(=O)NCCCCC(C(=O)OS(=O)(=O)O)N1C(=O)CCC1=O. The van der Waals surface area contributed by atoms with Crippen LogP contribution in [0.1, 0.15) is 60.2 Å². The van der Waals surface area contributed by atoms with Crippen molar-refractivity contribution in [3.8, 4) is 0 Å². The van der Waals surface area contributed by atoms with E-state index < -0.39 is 34.2 Å². The number of hydrogen-bond donors (Lipinski definition) is 2. The van der Waals surface area contributed by atoms with E-state index in [2.05, 4.69) is 14.5 Å². The van der Waals surface area contributed by atoms with Crippen molar-refractivity contribution < 1.29 is 36.3 Å². The Morgan fingerprint density at radius 2 is 1.79 bits per heavy atom. The third kappa shape index (κ3) is 8.55. The van der Waals surface area contributed by atoms with Crippen LogP contribution in [0.25, 0.3) is 0 Å². The van der Waals surface area contributed by atoms with Crippen LogP contribution in [0.4, 0.5) is 0 Å². The smallest absolute Gasteiger partial charge is 0.352 e. The van der Waals surface area contributed by atoms with Crippen molar-refractivity contribution in [2.24, 2.45) is 0 Å². The van der Waals surface area contributed by atoms with Crippen LogP contribution in [-0.4, -0.2) is 59.1 Å². The number of aromatic nitrogens is 1. The highest BCUT2D eigenvalue weighted by atomic mass is 33.1. The molecule has 3 rings (SSSR count). The maximum absolute atomic E-state index is 12.9. The van der Waals surface area contributed by atoms with E-state index in [4.69, 9.17) is 4.55 Å². The lowest BCUT2D eigenvalue weighted by molar-refractivity contribution is -0.153. The predicted octanol–water partition coefficient (Wildman–Crippen LogP) is 3.35. The quantitative estimate of drug-likeness (QED) is 0.154. The molecule has 1 aromatic carbocycles. The summed E-state index contributed by atoms with van der Waals surface area (Å²) in [6.45, 7) is 2.23. The molecule has 1 aliphatic rings. The molecule has 2 atom stereocenters. The lowest BCUT2D eigenvalue weighted by Crippen LogP contribution is -2.45. The van der Waals surface area contributed by atoms with Gasteiger partial charge in [0.15, 0.2) is 0 Å². The minimum atomic E-state index is -5.10. The highest BCUT2D eigenvalue weighted by Gasteiger charge is 2.40. The van der Waals surface area contributed by atoms with Crippen LogP contribution in [0.5, 0.6) is 0 Å². The zero-order valence-electron chi connectivity index (χ0n) is 20.4. The van der Waals surface area contributed by atoms with Crippen molar-refractivity contribution in [1.29, 1.82) is 0 Å². The Balaban J connectivity index is 1.54. The van der Waals surface area contributed by atoms with Gasteiger partial charge in [0.05, 0.1) is 0 Å². The second kappa shape index (κ2) is 13.7. The molecule has 11 nitrogen and oxygen atoms in total. The van der Waals surface area contributed by atoms with Gasteiger partial charge in [-0.1, -0.05) is 35.1 Å². The lowest BCUT2D eigenvalue weighted by atomic mass is 10.0. The maximum atomic E-state index is 12.9. The van der Waals surface area contributed by atoms with Crippen LogP contribution in [0, 0.1) is 0 Å². The van der Waals surface area contributed by atoms with Gasteiger partial charge >= 0.3 is 16.4 Å². The molecule has 0 saturated carbocycles. The van der Waals surface area contributed by atoms with E-state index in [-0.39, 0.29) is 43.4 Å². The third-order valence-corrected chi connectivity index (χ3v) is 8.70. The number of carbonyl (C=O) groups is 4. The molecule has 1 saturated heterocycles. The van der Waals surface area contributed by atoms with E-state index in [0.29, 0.717) is 16.9 Å². The number of benzene rings is 1. The summed E-state index contributed by atoms with van der Waals surface area (Å²) in [7, 11) is -2.01. The molecule has 2 heterocycles. The molecule has 38 heavy (non-hydrogen) atoms. The summed E-state index contributed by atoms with van der Waals surface area (Å²) in [4.78, 5) is 54.3. The number of pyridine rings is 1. The van der Waals surface area contributed by atoms with Crippen LogP contribution in [0.3, 0.4) is 0 Å². The van der Waals surface area contributed by atoms with E-state index in [1.165, 1.54) is 10.8 Å². The molecule has 0 spiro atoms. The predicted molar refractivity (Wildman–Crippen MR) is 141 cm³/mol. The summed E-state index contributed by atoms with van der Waals surface area (Å²) in [5.74, 6) is -2.93. The van der Waals surface area contributed by atoms with Gasteiger partial charge in [-0.15, -0.1) is 0 Å². The summed E-state index contributed by atoms with van der Waals surface area (Å²) in [5, 5.41) is 3.69. The average molecular weight is 582 g/mol. The molecule has 1 aromatic heterocycles. The summed E-state index contributed by atoms with van der Waals surface area (Å²) in [6.07, 6.45) is 2.07. The molecule has 14 heteroatoms. The number of carbonyl (C=O) groups excluding carboxylic acids is 4. The Bertz CT molecular complexity index is 1260. The van der Waals surface area contributed by atoms with Gasteiger partial charge in [0, 0.05) is 36.4 Å². The van der Waals surface area contributed by atoms with Gasteiger partial charge in [0.1, 0.15) is 11.1 Å². The molecule has 0 aliphatic carbocycles. The Labute approximate surface area is 228 Å². The number of amides is 3. The molecule has 204 valence electrons. The van der Waals surface area contributed by atoms with Gasteiger partial charge in [0.25, 0.3) is 5.91 Å². The van der Waals surface area contributed by atoms with Gasteiger partial charge in [-0.25, -0.2) is 9.78 Å². The highest BCUT2D eigenvalue weighted by molar-refractivity contribution is 8.76. The zero-order valence-corrected chi connectivity index (χ0v) is 22.9. The maximum Gasteiger partial charge on any atom is 0.449 e. The second-order valence-corrected chi connectivity index (χ2v) is 11.9. The molecule has 2 unspecified atom stereocenters. The molecule has 0 radical (unpaired) electrons. The molecular formula is C24H27N3O8S3. The molecule has 0 bridgehead atoms. The normalized spacial score (nSPS) is 15.3. The van der Waals surface area contributed by atoms with Crippen LogP contribution < -0.4 is 5.32 Å². The minimum absolute atomic E-state index is 0.00549. The number of rotatable bonds is 13. The van der Waals surface area contributed by atoms with E-state index in [1.54, 1.807) is 29.1 Å². The van der Waals surface area contributed by atoms with Gasteiger partial charge in [0.2, 0.25) is 11.8 Å². The fourth-order valence-corrected chi connectivity index (χ4v) is 6.29. The molecule has 2 aromatic rings. The number of nitrogens with zero attached hydrogens (tertiary/aromatic N) is 2. The number of unbranched alkanes of at least 4 members (excludes halogenated alkanes) is 1. The fourth-order valence-electron chi connectivity index (χ4n) is 3.84. The molecule has 1 aliphatic heterocycles. The largest absolute Gasteiger partial charge is 0.449 e. The van der Waals surface area contributed by atoms with Crippen LogP contribution in [0.2, 0.25) is 0 Å². The molecular weight excluding hydrogens is 554 g/mol. The van der Waals surface area contributed by atoms with Crippen molar-refractivity contribution in [2.45, 2.75) is 55.3 Å². The Morgan fingerprint density at radius 3 is 2.45 bits per heavy atom. The van der Waals surface area contributed by atoms with Gasteiger partial charge < -0.3 is 9.50 Å². The van der Waals surface area contributed by atoms with Crippen molar-refractivity contribution in [2.75, 3.05) is 6.54 Å². The van der Waals surface area contributed by atoms with E-state index >= 15 is 0 Å². The van der Waals surface area contributed by atoms with Crippen LogP contribution >= 0.6 is 21.6 Å². The first kappa shape index (κ1) is 29.6. The summed E-state index contributed by atoms with van der Waals surface area (Å²) in [5.41, 5.74) is 1.38. The molecule has 3 amide bonds. The zero-order chi connectivity index (χ0) is 27.7. The van der Waals surface area contributed by atoms with Crippen molar-refractivity contribution in [3.05, 3.63) is 59.8 Å². The summed E-state index contributed by atoms with van der Waals surface area (Å²) >= 11 is 0. The van der Waals surface area contributed by atoms with Crippen molar-refractivity contribution >= 4 is 55.7 Å². The number of hydrogen-bond acceptors (Lipinski definition) is 10. The first-order valence-corrected chi connectivity index (χ1v) is 15.3. The fraction of sp³-hybridized carbons (Fsp3) is 0.375. The van der Waals surface area contributed by atoms with Crippen LogP contribution in [-0.2, 0) is 29.0 Å². The van der Waals surface area contributed by atoms with E-state index in [0.717, 1.165) is 10.6 Å². The van der Waals surface area contributed by atoms with Crippen LogP contribution in [0.15, 0.2) is 53.7 Å². The second-order valence-electron chi connectivity index (χ2n) is 8.33. The highest BCUT2D eigenvalue weighted by Crippen LogP contribution is 2.42. The van der Waals surface area contributed by atoms with Gasteiger partial charge in [-0.05, 0) is 60.7 Å². The number of nitrogens with one attached hydrogen (secondary N) is 1. The number of imide groups is 1. The Hall–Kier alpha value is -2.94. The summed E-state index contributed by atoms with van der Waals surface area (Å²) in [6, 6.07) is 11.4. The standard InChI is InChI=1S/C24H27N3O8S3/c1-16(36-37-20-11-5-7-14-25-20)17-8-2-3-9-18(17)23(30)26-15-6-4-10-19(24(31)35-38(32,33)34)27-21(28)12-13-22(27)29/h2-3,5,7-9,11,14,16,19H,4,6,10,12-13,15H2,1H3,(H,26,30)(H,32,33,34). The van der Waals surface area contributed by atoms with Gasteiger partial charge in [-0.3, -0.25) is 23.8 Å². The average Bonchev–Trinajstić information content (AvgIpc) is 3.21. The molecule has 1 fully saturated rings. The lowest BCUT2D eigenvalue weighted by Gasteiger charge is -2.23. The van der Waals surface area contributed by atoms with E-state index in [1.807, 2.05) is 37.3 Å².